The Hall–Kier alpha value is -2.92. The average molecular weight is 432 g/mol. The normalized spacial score (nSPS) is 14.4. The molecule has 5 nitrogen and oxygen atoms in total. The number of nitrogens with zero attached hydrogens (tertiary/aromatic N) is 2. The molecule has 0 bridgehead atoms. The van der Waals surface area contributed by atoms with Crippen LogP contribution in [0.1, 0.15) is 55.2 Å². The molecular formula is C27H33N3O2. The lowest BCUT2D eigenvalue weighted by Gasteiger charge is -2.21. The van der Waals surface area contributed by atoms with Crippen LogP contribution in [-0.2, 0) is 19.7 Å². The topological polar surface area (TPSA) is 56.1 Å². The van der Waals surface area contributed by atoms with Crippen molar-refractivity contribution >= 4 is 0 Å². The number of ether oxygens (including phenoxy) is 1. The molecule has 0 aliphatic heterocycles. The molecule has 3 aromatic rings. The molecule has 0 unspecified atom stereocenters. The van der Waals surface area contributed by atoms with Gasteiger partial charge in [0, 0.05) is 6.54 Å². The van der Waals surface area contributed by atoms with E-state index in [1.807, 2.05) is 60.7 Å². The van der Waals surface area contributed by atoms with Gasteiger partial charge in [-0.1, -0.05) is 92.8 Å². The maximum absolute atomic E-state index is 13.3. The van der Waals surface area contributed by atoms with Gasteiger partial charge < -0.3 is 10.1 Å². The second-order valence-electron chi connectivity index (χ2n) is 8.69. The molecule has 0 spiro atoms. The van der Waals surface area contributed by atoms with E-state index in [2.05, 4.69) is 10.3 Å². The molecule has 0 radical (unpaired) electrons. The molecule has 4 rings (SSSR count). The Morgan fingerprint density at radius 1 is 0.938 bits per heavy atom. The number of rotatable bonds is 10. The first-order valence-electron chi connectivity index (χ1n) is 11.8. The van der Waals surface area contributed by atoms with Crippen molar-refractivity contribution in [2.24, 2.45) is 5.92 Å². The first kappa shape index (κ1) is 22.3. The molecule has 1 saturated carbocycles. The zero-order chi connectivity index (χ0) is 22.0. The Bertz CT molecular complexity index is 1010. The molecule has 1 heterocycles. The predicted octanol–water partition coefficient (Wildman–Crippen LogP) is 4.93. The zero-order valence-corrected chi connectivity index (χ0v) is 18.7. The van der Waals surface area contributed by atoms with Crippen molar-refractivity contribution in [1.29, 1.82) is 0 Å². The average Bonchev–Trinajstić information content (AvgIpc) is 2.85. The highest BCUT2D eigenvalue weighted by Crippen LogP contribution is 2.25. The fraction of sp³-hybridized carbons (Fsp3) is 0.407. The maximum atomic E-state index is 13.3. The van der Waals surface area contributed by atoms with Gasteiger partial charge in [0.15, 0.2) is 0 Å². The molecule has 1 N–H and O–H groups in total. The van der Waals surface area contributed by atoms with Crippen molar-refractivity contribution in [3.05, 3.63) is 94.0 Å². The summed E-state index contributed by atoms with van der Waals surface area (Å²) in [5.41, 5.74) is 2.68. The Balaban J connectivity index is 1.46. The molecule has 2 aromatic carbocycles. The van der Waals surface area contributed by atoms with E-state index in [4.69, 9.17) is 4.74 Å². The third kappa shape index (κ3) is 6.30. The van der Waals surface area contributed by atoms with Crippen LogP contribution < -0.4 is 15.6 Å². The minimum atomic E-state index is -0.0444. The summed E-state index contributed by atoms with van der Waals surface area (Å²) in [6.07, 6.45) is 9.53. The van der Waals surface area contributed by atoms with Crippen molar-refractivity contribution < 1.29 is 4.74 Å². The van der Waals surface area contributed by atoms with Gasteiger partial charge in [0.1, 0.15) is 12.9 Å². The van der Waals surface area contributed by atoms with E-state index in [0.717, 1.165) is 23.6 Å². The van der Waals surface area contributed by atoms with Crippen LogP contribution in [-0.4, -0.2) is 16.1 Å². The van der Waals surface area contributed by atoms with Crippen LogP contribution in [0.25, 0.3) is 0 Å². The minimum Gasteiger partial charge on any atom is -0.472 e. The smallest absolute Gasteiger partial charge is 0.261 e. The first-order chi connectivity index (χ1) is 15.8. The molecule has 1 aromatic heterocycles. The van der Waals surface area contributed by atoms with Gasteiger partial charge in [-0.3, -0.25) is 9.36 Å². The van der Waals surface area contributed by atoms with E-state index in [1.54, 1.807) is 10.9 Å². The summed E-state index contributed by atoms with van der Waals surface area (Å²) in [5, 5.41) is 3.49. The monoisotopic (exact) mass is 431 g/mol. The van der Waals surface area contributed by atoms with Crippen LogP contribution in [0.2, 0.25) is 0 Å². The highest BCUT2D eigenvalue weighted by atomic mass is 16.5. The van der Waals surface area contributed by atoms with Crippen LogP contribution in [0.4, 0.5) is 0 Å². The van der Waals surface area contributed by atoms with Gasteiger partial charge >= 0.3 is 0 Å². The fourth-order valence-electron chi connectivity index (χ4n) is 4.41. The molecule has 0 atom stereocenters. The van der Waals surface area contributed by atoms with Crippen LogP contribution in [0.3, 0.4) is 0 Å². The van der Waals surface area contributed by atoms with Crippen LogP contribution in [0.5, 0.6) is 5.88 Å². The third-order valence-electron chi connectivity index (χ3n) is 6.26. The maximum Gasteiger partial charge on any atom is 0.261 e. The Morgan fingerprint density at radius 2 is 1.62 bits per heavy atom. The summed E-state index contributed by atoms with van der Waals surface area (Å²) in [6.45, 7) is 2.28. The summed E-state index contributed by atoms with van der Waals surface area (Å²) in [4.78, 5) is 17.8. The highest BCUT2D eigenvalue weighted by Gasteiger charge is 2.16. The molecular weight excluding hydrogens is 398 g/mol. The van der Waals surface area contributed by atoms with E-state index >= 15 is 0 Å². The molecule has 32 heavy (non-hydrogen) atoms. The number of nitrogens with one attached hydrogen (secondary N) is 1. The second-order valence-corrected chi connectivity index (χ2v) is 8.69. The lowest BCUT2D eigenvalue weighted by Crippen LogP contribution is -2.30. The second kappa shape index (κ2) is 11.6. The van der Waals surface area contributed by atoms with Gasteiger partial charge in [0.25, 0.3) is 5.56 Å². The van der Waals surface area contributed by atoms with E-state index in [1.165, 1.54) is 38.5 Å². The molecule has 1 aliphatic carbocycles. The van der Waals surface area contributed by atoms with Gasteiger partial charge in [-0.2, -0.15) is 0 Å². The molecule has 1 fully saturated rings. The Labute approximate surface area is 190 Å². The molecule has 5 heteroatoms. The van der Waals surface area contributed by atoms with Gasteiger partial charge in [-0.25, -0.2) is 4.98 Å². The zero-order valence-electron chi connectivity index (χ0n) is 18.7. The van der Waals surface area contributed by atoms with Crippen molar-refractivity contribution in [3.63, 3.8) is 0 Å². The summed E-state index contributed by atoms with van der Waals surface area (Å²) >= 11 is 0. The SMILES string of the molecule is O=c1c(CNCCC2CCCCC2)c(OCc2ccccc2)ncn1Cc1ccccc1. The van der Waals surface area contributed by atoms with Gasteiger partial charge in [0.2, 0.25) is 5.88 Å². The highest BCUT2D eigenvalue weighted by molar-refractivity contribution is 5.25. The predicted molar refractivity (Wildman–Crippen MR) is 128 cm³/mol. The largest absolute Gasteiger partial charge is 0.472 e. The molecule has 0 saturated heterocycles. The van der Waals surface area contributed by atoms with Crippen molar-refractivity contribution in [2.75, 3.05) is 6.54 Å². The summed E-state index contributed by atoms with van der Waals surface area (Å²) < 4.78 is 7.66. The fourth-order valence-corrected chi connectivity index (χ4v) is 4.41. The quantitative estimate of drug-likeness (QED) is 0.463. The lowest BCUT2D eigenvalue weighted by molar-refractivity contribution is 0.286. The standard InChI is InChI=1S/C27H33N3O2/c31-27-25(18-28-17-16-22-10-4-1-5-11-22)26(32-20-24-14-8-3-9-15-24)29-21-30(27)19-23-12-6-2-7-13-23/h2-3,6-9,12-15,21-22,28H,1,4-5,10-11,16-20H2. The Kier molecular flexibility index (Phi) is 8.10. The van der Waals surface area contributed by atoms with E-state index < -0.39 is 0 Å². The lowest BCUT2D eigenvalue weighted by atomic mass is 9.87. The van der Waals surface area contributed by atoms with E-state index in [0.29, 0.717) is 31.1 Å². The number of hydrogen-bond donors (Lipinski definition) is 1. The van der Waals surface area contributed by atoms with Crippen molar-refractivity contribution in [2.45, 2.75) is 58.2 Å². The summed E-state index contributed by atoms with van der Waals surface area (Å²) in [7, 11) is 0. The molecule has 0 amide bonds. The van der Waals surface area contributed by atoms with Gasteiger partial charge in [-0.15, -0.1) is 0 Å². The molecule has 168 valence electrons. The van der Waals surface area contributed by atoms with Gasteiger partial charge in [-0.05, 0) is 30.0 Å². The Morgan fingerprint density at radius 3 is 2.34 bits per heavy atom. The van der Waals surface area contributed by atoms with Crippen LogP contribution >= 0.6 is 0 Å². The van der Waals surface area contributed by atoms with Crippen LogP contribution in [0, 0.1) is 5.92 Å². The first-order valence-corrected chi connectivity index (χ1v) is 11.8. The summed E-state index contributed by atoms with van der Waals surface area (Å²) in [5.74, 6) is 1.24. The van der Waals surface area contributed by atoms with E-state index in [-0.39, 0.29) is 5.56 Å². The van der Waals surface area contributed by atoms with Crippen LogP contribution in [0.15, 0.2) is 71.8 Å². The number of hydrogen-bond acceptors (Lipinski definition) is 4. The van der Waals surface area contributed by atoms with E-state index in [9.17, 15) is 4.79 Å². The number of benzene rings is 2. The van der Waals surface area contributed by atoms with Crippen molar-refractivity contribution in [3.8, 4) is 5.88 Å². The third-order valence-corrected chi connectivity index (χ3v) is 6.26. The van der Waals surface area contributed by atoms with Gasteiger partial charge in [0.05, 0.1) is 12.1 Å². The number of aromatic nitrogens is 2. The minimum absolute atomic E-state index is 0.0444. The summed E-state index contributed by atoms with van der Waals surface area (Å²) in [6, 6.07) is 20.0. The molecule has 1 aliphatic rings. The van der Waals surface area contributed by atoms with Crippen molar-refractivity contribution in [1.82, 2.24) is 14.9 Å².